The van der Waals surface area contributed by atoms with Gasteiger partial charge in [-0.2, -0.15) is 0 Å². The number of rotatable bonds is 2. The Hall–Kier alpha value is -2.10. The molecule has 1 saturated heterocycles. The Morgan fingerprint density at radius 1 is 1.21 bits per heavy atom. The molecule has 3 rings (SSSR count). The van der Waals surface area contributed by atoms with Gasteiger partial charge in [-0.3, -0.25) is 0 Å². The minimum absolute atomic E-state index is 0.0536. The van der Waals surface area contributed by atoms with Crippen molar-refractivity contribution in [1.29, 1.82) is 0 Å². The number of hydrogen-bond acceptors (Lipinski definition) is 4. The van der Waals surface area contributed by atoms with Gasteiger partial charge in [0.25, 0.3) is 0 Å². The van der Waals surface area contributed by atoms with Gasteiger partial charge in [0.1, 0.15) is 12.2 Å². The largest absolute Gasteiger partial charge is 0.458 e. The average molecular weight is 328 g/mol. The topological polar surface area (TPSA) is 52.6 Å². The van der Waals surface area contributed by atoms with Gasteiger partial charge in [0.2, 0.25) is 0 Å². The van der Waals surface area contributed by atoms with E-state index < -0.39 is 12.1 Å². The summed E-state index contributed by atoms with van der Waals surface area (Å²) in [7, 11) is 0. The number of ether oxygens (including phenoxy) is 2. The van der Waals surface area contributed by atoms with E-state index in [4.69, 9.17) is 9.47 Å². The zero-order valence-electron chi connectivity index (χ0n) is 14.3. The van der Waals surface area contributed by atoms with Crippen LogP contribution in [0.3, 0.4) is 0 Å². The van der Waals surface area contributed by atoms with E-state index in [9.17, 15) is 9.59 Å². The first kappa shape index (κ1) is 16.7. The van der Waals surface area contributed by atoms with Crippen LogP contribution in [0.15, 0.2) is 48.1 Å². The SMILES string of the molecule is C=C1CC[C@@H]2C(=C)C[C@H](OC(=O)C=C(C)C)[C@H]3C(=C)C(=O)O[C@@H]3[C@@H]12. The van der Waals surface area contributed by atoms with Crippen molar-refractivity contribution in [3.8, 4) is 0 Å². The van der Waals surface area contributed by atoms with Crippen molar-refractivity contribution in [3.05, 3.63) is 48.1 Å². The van der Waals surface area contributed by atoms with Crippen molar-refractivity contribution in [2.75, 3.05) is 0 Å². The second kappa shape index (κ2) is 6.08. The van der Waals surface area contributed by atoms with E-state index in [1.807, 2.05) is 13.8 Å². The lowest BCUT2D eigenvalue weighted by molar-refractivity contribution is -0.147. The van der Waals surface area contributed by atoms with Gasteiger partial charge in [-0.25, -0.2) is 9.59 Å². The van der Waals surface area contributed by atoms with Crippen LogP contribution in [0.4, 0.5) is 0 Å². The molecule has 0 aromatic carbocycles. The molecule has 0 bridgehead atoms. The highest BCUT2D eigenvalue weighted by Gasteiger charge is 2.54. The number of fused-ring (bicyclic) bond motifs is 3. The highest BCUT2D eigenvalue weighted by atomic mass is 16.6. The second-order valence-electron chi connectivity index (χ2n) is 7.31. The van der Waals surface area contributed by atoms with Crippen LogP contribution in [-0.2, 0) is 19.1 Å². The molecule has 2 saturated carbocycles. The fourth-order valence-corrected chi connectivity index (χ4v) is 4.30. The first-order valence-electron chi connectivity index (χ1n) is 8.40. The van der Waals surface area contributed by atoms with Crippen LogP contribution < -0.4 is 0 Å². The van der Waals surface area contributed by atoms with Crippen molar-refractivity contribution >= 4 is 11.9 Å². The second-order valence-corrected chi connectivity index (χ2v) is 7.31. The van der Waals surface area contributed by atoms with Crippen LogP contribution in [0, 0.1) is 17.8 Å². The summed E-state index contributed by atoms with van der Waals surface area (Å²) in [5.74, 6) is -0.828. The normalized spacial score (nSPS) is 35.0. The fraction of sp³-hybridized carbons (Fsp3) is 0.500. The number of carbonyl (C=O) groups excluding carboxylic acids is 2. The molecule has 0 amide bonds. The molecular formula is C20H24O4. The Balaban J connectivity index is 1.95. The molecule has 24 heavy (non-hydrogen) atoms. The van der Waals surface area contributed by atoms with E-state index >= 15 is 0 Å². The number of allylic oxidation sites excluding steroid dienone is 1. The van der Waals surface area contributed by atoms with Crippen molar-refractivity contribution < 1.29 is 19.1 Å². The maximum absolute atomic E-state index is 12.1. The third-order valence-electron chi connectivity index (χ3n) is 5.36. The minimum atomic E-state index is -0.469. The van der Waals surface area contributed by atoms with E-state index in [0.29, 0.717) is 12.0 Å². The summed E-state index contributed by atoms with van der Waals surface area (Å²) in [5.41, 5.74) is 3.40. The van der Waals surface area contributed by atoms with Crippen LogP contribution in [0.5, 0.6) is 0 Å². The van der Waals surface area contributed by atoms with Gasteiger partial charge >= 0.3 is 11.9 Å². The van der Waals surface area contributed by atoms with Gasteiger partial charge in [0.15, 0.2) is 0 Å². The van der Waals surface area contributed by atoms with Gasteiger partial charge in [-0.1, -0.05) is 36.5 Å². The first-order chi connectivity index (χ1) is 11.3. The van der Waals surface area contributed by atoms with Crippen LogP contribution in [0.1, 0.15) is 33.1 Å². The Morgan fingerprint density at radius 2 is 1.92 bits per heavy atom. The molecule has 128 valence electrons. The van der Waals surface area contributed by atoms with E-state index in [1.54, 1.807) is 0 Å². The van der Waals surface area contributed by atoms with Crippen molar-refractivity contribution in [1.82, 2.24) is 0 Å². The highest BCUT2D eigenvalue weighted by molar-refractivity contribution is 5.91. The van der Waals surface area contributed by atoms with E-state index in [1.165, 1.54) is 6.08 Å². The summed E-state index contributed by atoms with van der Waals surface area (Å²) in [5, 5.41) is 0. The summed E-state index contributed by atoms with van der Waals surface area (Å²) in [4.78, 5) is 24.2. The fourth-order valence-electron chi connectivity index (χ4n) is 4.30. The van der Waals surface area contributed by atoms with Gasteiger partial charge in [-0.15, -0.1) is 0 Å². The van der Waals surface area contributed by atoms with Gasteiger partial charge in [-0.05, 0) is 32.6 Å². The van der Waals surface area contributed by atoms with Crippen molar-refractivity contribution in [3.63, 3.8) is 0 Å². The van der Waals surface area contributed by atoms with Gasteiger partial charge < -0.3 is 9.47 Å². The first-order valence-corrected chi connectivity index (χ1v) is 8.40. The monoisotopic (exact) mass is 328 g/mol. The molecule has 0 aromatic rings. The molecule has 0 N–H and O–H groups in total. The maximum atomic E-state index is 12.1. The zero-order valence-corrected chi connectivity index (χ0v) is 14.3. The highest BCUT2D eigenvalue weighted by Crippen LogP contribution is 2.52. The Morgan fingerprint density at radius 3 is 2.58 bits per heavy atom. The summed E-state index contributed by atoms with van der Waals surface area (Å²) in [6.07, 6.45) is 3.06. The Bertz CT molecular complexity index is 665. The lowest BCUT2D eigenvalue weighted by atomic mass is 9.81. The Labute approximate surface area is 142 Å². The predicted molar refractivity (Wildman–Crippen MR) is 90.9 cm³/mol. The predicted octanol–water partition coefficient (Wildman–Crippen LogP) is 3.50. The maximum Gasteiger partial charge on any atom is 0.334 e. The average Bonchev–Trinajstić information content (AvgIpc) is 2.95. The summed E-state index contributed by atoms with van der Waals surface area (Å²) in [6.45, 7) is 16.0. The third kappa shape index (κ3) is 2.74. The van der Waals surface area contributed by atoms with E-state index in [-0.39, 0.29) is 29.8 Å². The standard InChI is InChI=1S/C20H24O4/c1-10(2)8-16(21)23-15-9-12(4)14-7-6-11(3)17(14)19-18(15)13(5)20(22)24-19/h8,14-15,17-19H,3-7,9H2,1-2H3/t14-,15+,17+,18-,19-/m1/s1. The molecule has 3 fully saturated rings. The molecular weight excluding hydrogens is 304 g/mol. The van der Waals surface area contributed by atoms with Crippen LogP contribution in [-0.4, -0.2) is 24.1 Å². The van der Waals surface area contributed by atoms with Crippen LogP contribution >= 0.6 is 0 Å². The quantitative estimate of drug-likeness (QED) is 0.442. The molecule has 4 nitrogen and oxygen atoms in total. The number of hydrogen-bond donors (Lipinski definition) is 0. The third-order valence-corrected chi connectivity index (χ3v) is 5.36. The molecule has 0 radical (unpaired) electrons. The van der Waals surface area contributed by atoms with E-state index in [0.717, 1.165) is 29.6 Å². The molecule has 4 heteroatoms. The summed E-state index contributed by atoms with van der Waals surface area (Å²) in [6, 6.07) is 0. The van der Waals surface area contributed by atoms with Gasteiger partial charge in [0.05, 0.1) is 5.92 Å². The minimum Gasteiger partial charge on any atom is -0.458 e. The smallest absolute Gasteiger partial charge is 0.334 e. The lowest BCUT2D eigenvalue weighted by Gasteiger charge is -2.28. The Kier molecular flexibility index (Phi) is 4.24. The molecule has 1 heterocycles. The molecule has 3 aliphatic rings. The number of carbonyl (C=O) groups is 2. The molecule has 0 spiro atoms. The molecule has 5 atom stereocenters. The lowest BCUT2D eigenvalue weighted by Crippen LogP contribution is -2.35. The van der Waals surface area contributed by atoms with Crippen molar-refractivity contribution in [2.45, 2.75) is 45.3 Å². The summed E-state index contributed by atoms with van der Waals surface area (Å²) >= 11 is 0. The summed E-state index contributed by atoms with van der Waals surface area (Å²) < 4.78 is 11.3. The molecule has 0 unspecified atom stereocenters. The van der Waals surface area contributed by atoms with E-state index in [2.05, 4.69) is 19.7 Å². The molecule has 2 aliphatic carbocycles. The number of esters is 2. The zero-order chi connectivity index (χ0) is 17.6. The molecule has 1 aliphatic heterocycles. The van der Waals surface area contributed by atoms with Crippen LogP contribution in [0.2, 0.25) is 0 Å². The molecule has 0 aromatic heterocycles. The van der Waals surface area contributed by atoms with Crippen LogP contribution in [0.25, 0.3) is 0 Å². The van der Waals surface area contributed by atoms with Crippen molar-refractivity contribution in [2.24, 2.45) is 17.8 Å². The van der Waals surface area contributed by atoms with Gasteiger partial charge in [0, 0.05) is 24.0 Å².